The number of hydrogen-bond donors (Lipinski definition) is 1. The lowest BCUT2D eigenvalue weighted by Crippen LogP contribution is -2.21. The van der Waals surface area contributed by atoms with Crippen LogP contribution in [0.4, 0.5) is 4.39 Å². The van der Waals surface area contributed by atoms with Crippen LogP contribution in [0.15, 0.2) is 24.3 Å². The molecule has 0 spiro atoms. The Morgan fingerprint density at radius 2 is 2.07 bits per heavy atom. The number of nitrogens with one attached hydrogen (secondary N) is 1. The highest BCUT2D eigenvalue weighted by Crippen LogP contribution is 2.17. The molecule has 1 atom stereocenters. The van der Waals surface area contributed by atoms with Crippen LogP contribution >= 0.6 is 0 Å². The van der Waals surface area contributed by atoms with Crippen molar-refractivity contribution in [1.29, 1.82) is 0 Å². The van der Waals surface area contributed by atoms with Crippen molar-refractivity contribution < 1.29 is 9.13 Å². The van der Waals surface area contributed by atoms with Crippen LogP contribution in [0.25, 0.3) is 0 Å². The van der Waals surface area contributed by atoms with E-state index in [0.717, 1.165) is 31.9 Å². The maximum atomic E-state index is 12.7. The molecular formula is C11H14FNO. The maximum absolute atomic E-state index is 12.7. The summed E-state index contributed by atoms with van der Waals surface area (Å²) in [6.45, 7) is 3.29. The molecule has 1 fully saturated rings. The molecule has 1 N–H and O–H groups in total. The number of halogens is 1. The number of hydrogen-bond acceptors (Lipinski definition) is 2. The first kappa shape index (κ1) is 9.62. The highest BCUT2D eigenvalue weighted by atomic mass is 19.1. The minimum atomic E-state index is -0.184. The molecule has 1 aromatic carbocycles. The van der Waals surface area contributed by atoms with Gasteiger partial charge in [0.1, 0.15) is 5.82 Å². The Kier molecular flexibility index (Phi) is 3.11. The first-order valence-electron chi connectivity index (χ1n) is 4.90. The summed E-state index contributed by atoms with van der Waals surface area (Å²) < 4.78 is 18.1. The third-order valence-corrected chi connectivity index (χ3v) is 2.47. The summed E-state index contributed by atoms with van der Waals surface area (Å²) in [6, 6.07) is 6.66. The summed E-state index contributed by atoms with van der Waals surface area (Å²) in [4.78, 5) is 0. The quantitative estimate of drug-likeness (QED) is 0.733. The van der Waals surface area contributed by atoms with Crippen LogP contribution in [0.1, 0.15) is 11.5 Å². The topological polar surface area (TPSA) is 21.3 Å². The molecule has 1 aromatic rings. The Bertz CT molecular complexity index is 278. The standard InChI is InChI=1S/C11H14FNO/c12-11-3-1-9(2-4-11)10-7-13-5-6-14-8-10/h1-4,10,13H,5-8H2. The molecule has 2 nitrogen and oxygen atoms in total. The zero-order chi connectivity index (χ0) is 9.80. The molecule has 1 heterocycles. The Morgan fingerprint density at radius 1 is 1.29 bits per heavy atom. The molecule has 14 heavy (non-hydrogen) atoms. The van der Waals surface area contributed by atoms with Crippen molar-refractivity contribution in [2.24, 2.45) is 0 Å². The van der Waals surface area contributed by atoms with Gasteiger partial charge in [-0.3, -0.25) is 0 Å². The van der Waals surface area contributed by atoms with Gasteiger partial charge in [-0.2, -0.15) is 0 Å². The van der Waals surface area contributed by atoms with Gasteiger partial charge in [-0.25, -0.2) is 4.39 Å². The predicted octanol–water partition coefficient (Wildman–Crippen LogP) is 1.53. The lowest BCUT2D eigenvalue weighted by molar-refractivity contribution is 0.141. The summed E-state index contributed by atoms with van der Waals surface area (Å²) in [5, 5.41) is 3.29. The number of ether oxygens (including phenoxy) is 1. The van der Waals surface area contributed by atoms with Gasteiger partial charge in [-0.15, -0.1) is 0 Å². The van der Waals surface area contributed by atoms with E-state index < -0.39 is 0 Å². The predicted molar refractivity (Wildman–Crippen MR) is 52.8 cm³/mol. The summed E-state index contributed by atoms with van der Waals surface area (Å²) in [5.74, 6) is 0.161. The maximum Gasteiger partial charge on any atom is 0.123 e. The zero-order valence-electron chi connectivity index (χ0n) is 8.00. The molecule has 1 aliphatic rings. The minimum absolute atomic E-state index is 0.184. The van der Waals surface area contributed by atoms with E-state index in [1.54, 1.807) is 0 Å². The Labute approximate surface area is 83.1 Å². The molecule has 0 bridgehead atoms. The average Bonchev–Trinajstić information content (AvgIpc) is 2.47. The van der Waals surface area contributed by atoms with Crippen molar-refractivity contribution in [2.75, 3.05) is 26.3 Å². The highest BCUT2D eigenvalue weighted by molar-refractivity contribution is 5.21. The van der Waals surface area contributed by atoms with Gasteiger partial charge in [0.15, 0.2) is 0 Å². The van der Waals surface area contributed by atoms with E-state index >= 15 is 0 Å². The molecule has 0 radical (unpaired) electrons. The normalized spacial score (nSPS) is 23.1. The van der Waals surface area contributed by atoms with Crippen LogP contribution in [0, 0.1) is 5.82 Å². The molecular weight excluding hydrogens is 181 g/mol. The molecule has 1 saturated heterocycles. The van der Waals surface area contributed by atoms with Crippen molar-refractivity contribution in [2.45, 2.75) is 5.92 Å². The molecule has 0 aliphatic carbocycles. The third-order valence-electron chi connectivity index (χ3n) is 2.47. The minimum Gasteiger partial charge on any atom is -0.379 e. The molecule has 0 amide bonds. The smallest absolute Gasteiger partial charge is 0.123 e. The lowest BCUT2D eigenvalue weighted by Gasteiger charge is -2.13. The van der Waals surface area contributed by atoms with E-state index in [2.05, 4.69) is 5.32 Å². The molecule has 0 aromatic heterocycles. The van der Waals surface area contributed by atoms with Gasteiger partial charge in [0, 0.05) is 19.0 Å². The SMILES string of the molecule is Fc1ccc(C2CNCCOC2)cc1. The summed E-state index contributed by atoms with van der Waals surface area (Å²) in [5.41, 5.74) is 1.14. The van der Waals surface area contributed by atoms with Crippen molar-refractivity contribution in [3.05, 3.63) is 35.6 Å². The van der Waals surface area contributed by atoms with Gasteiger partial charge < -0.3 is 10.1 Å². The monoisotopic (exact) mass is 195 g/mol. The summed E-state index contributed by atoms with van der Waals surface area (Å²) in [7, 11) is 0. The fourth-order valence-electron chi connectivity index (χ4n) is 1.65. The first-order valence-corrected chi connectivity index (χ1v) is 4.90. The Hall–Kier alpha value is -0.930. The molecule has 0 saturated carbocycles. The van der Waals surface area contributed by atoms with Gasteiger partial charge in [-0.1, -0.05) is 12.1 Å². The van der Waals surface area contributed by atoms with Crippen LogP contribution in [-0.4, -0.2) is 26.3 Å². The van der Waals surface area contributed by atoms with E-state index in [-0.39, 0.29) is 5.82 Å². The second kappa shape index (κ2) is 4.53. The second-order valence-electron chi connectivity index (χ2n) is 3.53. The van der Waals surface area contributed by atoms with Crippen molar-refractivity contribution in [1.82, 2.24) is 5.32 Å². The summed E-state index contributed by atoms with van der Waals surface area (Å²) in [6.07, 6.45) is 0. The molecule has 1 aliphatic heterocycles. The molecule has 2 rings (SSSR count). The average molecular weight is 195 g/mol. The van der Waals surface area contributed by atoms with Crippen LogP contribution in [0.5, 0.6) is 0 Å². The van der Waals surface area contributed by atoms with E-state index in [4.69, 9.17) is 4.74 Å². The Morgan fingerprint density at radius 3 is 2.86 bits per heavy atom. The largest absolute Gasteiger partial charge is 0.379 e. The van der Waals surface area contributed by atoms with E-state index in [0.29, 0.717) is 5.92 Å². The molecule has 1 unspecified atom stereocenters. The van der Waals surface area contributed by atoms with Gasteiger partial charge in [-0.05, 0) is 17.7 Å². The van der Waals surface area contributed by atoms with Crippen molar-refractivity contribution >= 4 is 0 Å². The van der Waals surface area contributed by atoms with Gasteiger partial charge in [0.2, 0.25) is 0 Å². The van der Waals surface area contributed by atoms with Crippen LogP contribution in [0.3, 0.4) is 0 Å². The van der Waals surface area contributed by atoms with E-state index in [9.17, 15) is 4.39 Å². The first-order chi connectivity index (χ1) is 6.86. The molecule has 76 valence electrons. The lowest BCUT2D eigenvalue weighted by atomic mass is 10.0. The van der Waals surface area contributed by atoms with Crippen LogP contribution in [-0.2, 0) is 4.74 Å². The fourth-order valence-corrected chi connectivity index (χ4v) is 1.65. The Balaban J connectivity index is 2.08. The second-order valence-corrected chi connectivity index (χ2v) is 3.53. The zero-order valence-corrected chi connectivity index (χ0v) is 8.00. The fraction of sp³-hybridized carbons (Fsp3) is 0.455. The van der Waals surface area contributed by atoms with Gasteiger partial charge in [0.05, 0.1) is 13.2 Å². The summed E-state index contributed by atoms with van der Waals surface area (Å²) >= 11 is 0. The van der Waals surface area contributed by atoms with E-state index in [1.165, 1.54) is 12.1 Å². The van der Waals surface area contributed by atoms with E-state index in [1.807, 2.05) is 12.1 Å². The molecule has 3 heteroatoms. The third kappa shape index (κ3) is 2.30. The van der Waals surface area contributed by atoms with Crippen molar-refractivity contribution in [3.8, 4) is 0 Å². The van der Waals surface area contributed by atoms with Gasteiger partial charge in [0.25, 0.3) is 0 Å². The highest BCUT2D eigenvalue weighted by Gasteiger charge is 2.13. The number of benzene rings is 1. The van der Waals surface area contributed by atoms with Crippen LogP contribution < -0.4 is 5.32 Å². The van der Waals surface area contributed by atoms with Crippen LogP contribution in [0.2, 0.25) is 0 Å². The van der Waals surface area contributed by atoms with Gasteiger partial charge >= 0.3 is 0 Å². The number of rotatable bonds is 1. The van der Waals surface area contributed by atoms with Crippen molar-refractivity contribution in [3.63, 3.8) is 0 Å².